The number of halogens is 1. The number of nitrogens with zero attached hydrogens (tertiary/aromatic N) is 1. The van der Waals surface area contributed by atoms with Crippen LogP contribution < -0.4 is 10.4 Å². The van der Waals surface area contributed by atoms with Crippen molar-refractivity contribution in [2.75, 3.05) is 12.1 Å². The summed E-state index contributed by atoms with van der Waals surface area (Å²) in [6, 6.07) is 6.37. The Bertz CT molecular complexity index is 660. The zero-order valence-corrected chi connectivity index (χ0v) is 14.5. The molecule has 23 heavy (non-hydrogen) atoms. The Balaban J connectivity index is 2.47. The predicted octanol–water partition coefficient (Wildman–Crippen LogP) is 4.38. The average molecular weight is 316 g/mol. The summed E-state index contributed by atoms with van der Waals surface area (Å²) in [7, 11) is 1.84. The van der Waals surface area contributed by atoms with Crippen LogP contribution in [0.15, 0.2) is 47.2 Å². The van der Waals surface area contributed by atoms with Crippen LogP contribution >= 0.6 is 0 Å². The standard InChI is InChI=1S/C19H25FN2O/c1-6-15-11-18(13(2)12-19(15,4)14(3)23)22(21-5)17-9-7-16(20)8-10-17/h7-11,21H,6,12H2,1-5H3. The van der Waals surface area contributed by atoms with Gasteiger partial charge in [0.1, 0.15) is 11.6 Å². The molecule has 1 atom stereocenters. The van der Waals surface area contributed by atoms with E-state index in [2.05, 4.69) is 18.4 Å². The van der Waals surface area contributed by atoms with Gasteiger partial charge in [0.05, 0.1) is 16.8 Å². The quantitative estimate of drug-likeness (QED) is 0.818. The number of carbonyl (C=O) groups is 1. The maximum absolute atomic E-state index is 13.2. The SMILES string of the molecule is CCC1=CC(N(NC)c2ccc(F)cc2)=C(C)CC1(C)C(C)=O. The minimum absolute atomic E-state index is 0.196. The van der Waals surface area contributed by atoms with Crippen LogP contribution in [0.1, 0.15) is 40.5 Å². The van der Waals surface area contributed by atoms with Crippen molar-refractivity contribution in [2.24, 2.45) is 5.41 Å². The maximum Gasteiger partial charge on any atom is 0.140 e. The molecule has 0 bridgehead atoms. The van der Waals surface area contributed by atoms with Gasteiger partial charge >= 0.3 is 0 Å². The molecule has 0 amide bonds. The van der Waals surface area contributed by atoms with Crippen molar-refractivity contribution in [3.05, 3.63) is 53.0 Å². The van der Waals surface area contributed by atoms with Gasteiger partial charge in [0.15, 0.2) is 0 Å². The number of hydrazine groups is 1. The van der Waals surface area contributed by atoms with Crippen molar-refractivity contribution in [3.8, 4) is 0 Å². The molecule has 1 N–H and O–H groups in total. The van der Waals surface area contributed by atoms with Gasteiger partial charge < -0.3 is 0 Å². The van der Waals surface area contributed by atoms with E-state index in [1.807, 2.05) is 25.9 Å². The summed E-state index contributed by atoms with van der Waals surface area (Å²) in [5, 5.41) is 1.93. The van der Waals surface area contributed by atoms with Crippen molar-refractivity contribution in [2.45, 2.75) is 40.5 Å². The van der Waals surface area contributed by atoms with Gasteiger partial charge in [-0.05, 0) is 69.5 Å². The lowest BCUT2D eigenvalue weighted by molar-refractivity contribution is -0.124. The second-order valence-corrected chi connectivity index (χ2v) is 6.29. The molecule has 1 aromatic carbocycles. The minimum atomic E-state index is -0.426. The third kappa shape index (κ3) is 3.22. The molecule has 0 aliphatic heterocycles. The smallest absolute Gasteiger partial charge is 0.140 e. The van der Waals surface area contributed by atoms with E-state index in [0.717, 1.165) is 29.0 Å². The van der Waals surface area contributed by atoms with Gasteiger partial charge in [-0.1, -0.05) is 12.5 Å². The number of nitrogens with one attached hydrogen (secondary N) is 1. The monoisotopic (exact) mass is 316 g/mol. The second kappa shape index (κ2) is 6.67. The number of allylic oxidation sites excluding steroid dienone is 3. The van der Waals surface area contributed by atoms with E-state index in [1.165, 1.54) is 12.1 Å². The van der Waals surface area contributed by atoms with Gasteiger partial charge in [0, 0.05) is 7.05 Å². The molecule has 0 saturated carbocycles. The van der Waals surface area contributed by atoms with Gasteiger partial charge in [-0.2, -0.15) is 0 Å². The largest absolute Gasteiger partial charge is 0.299 e. The Labute approximate surface area is 137 Å². The van der Waals surface area contributed by atoms with Crippen molar-refractivity contribution in [3.63, 3.8) is 0 Å². The number of ketones is 1. The molecule has 0 saturated heterocycles. The van der Waals surface area contributed by atoms with Crippen LogP contribution in [0.3, 0.4) is 0 Å². The van der Waals surface area contributed by atoms with Gasteiger partial charge in [-0.15, -0.1) is 0 Å². The Kier molecular flexibility index (Phi) is 5.05. The number of benzene rings is 1. The van der Waals surface area contributed by atoms with E-state index >= 15 is 0 Å². The highest BCUT2D eigenvalue weighted by Crippen LogP contribution is 2.43. The molecule has 1 aromatic rings. The first kappa shape index (κ1) is 17.4. The van der Waals surface area contributed by atoms with E-state index in [4.69, 9.17) is 0 Å². The summed E-state index contributed by atoms with van der Waals surface area (Å²) >= 11 is 0. The molecule has 1 unspecified atom stereocenters. The summed E-state index contributed by atoms with van der Waals surface area (Å²) in [5.74, 6) is -0.0603. The fraction of sp³-hybridized carbons (Fsp3) is 0.421. The van der Waals surface area contributed by atoms with Crippen molar-refractivity contribution in [1.29, 1.82) is 0 Å². The van der Waals surface area contributed by atoms with Crippen LogP contribution in [0.4, 0.5) is 10.1 Å². The van der Waals surface area contributed by atoms with Gasteiger partial charge in [-0.3, -0.25) is 9.80 Å². The highest BCUT2D eigenvalue weighted by Gasteiger charge is 2.37. The van der Waals surface area contributed by atoms with Crippen molar-refractivity contribution < 1.29 is 9.18 Å². The Morgan fingerprint density at radius 1 is 1.35 bits per heavy atom. The van der Waals surface area contributed by atoms with Crippen LogP contribution in [-0.2, 0) is 4.79 Å². The summed E-state index contributed by atoms with van der Waals surface area (Å²) in [6.45, 7) is 7.81. The summed E-state index contributed by atoms with van der Waals surface area (Å²) in [6.07, 6.45) is 3.63. The van der Waals surface area contributed by atoms with Gasteiger partial charge in [0.2, 0.25) is 0 Å². The molecule has 4 heteroatoms. The predicted molar refractivity (Wildman–Crippen MR) is 92.4 cm³/mol. The fourth-order valence-corrected chi connectivity index (χ4v) is 3.26. The highest BCUT2D eigenvalue weighted by atomic mass is 19.1. The first-order valence-electron chi connectivity index (χ1n) is 7.98. The molecule has 2 rings (SSSR count). The Hall–Kier alpha value is -1.94. The fourth-order valence-electron chi connectivity index (χ4n) is 3.26. The first-order valence-corrected chi connectivity index (χ1v) is 7.98. The summed E-state index contributed by atoms with van der Waals surface area (Å²) in [5.41, 5.74) is 6.89. The number of hydrogen-bond acceptors (Lipinski definition) is 3. The lowest BCUT2D eigenvalue weighted by atomic mass is 9.69. The minimum Gasteiger partial charge on any atom is -0.299 e. The van der Waals surface area contributed by atoms with Crippen LogP contribution in [0.5, 0.6) is 0 Å². The number of Topliss-reactive ketones (excluding diaryl/α,β-unsaturated/α-hetero) is 1. The first-order chi connectivity index (χ1) is 10.8. The Morgan fingerprint density at radius 3 is 2.43 bits per heavy atom. The van der Waals surface area contributed by atoms with Crippen LogP contribution in [0, 0.1) is 11.2 Å². The number of anilines is 1. The van der Waals surface area contributed by atoms with Crippen LogP contribution in [0.25, 0.3) is 0 Å². The second-order valence-electron chi connectivity index (χ2n) is 6.29. The third-order valence-corrected chi connectivity index (χ3v) is 4.78. The topological polar surface area (TPSA) is 32.3 Å². The Morgan fingerprint density at radius 2 is 1.96 bits per heavy atom. The van der Waals surface area contributed by atoms with Gasteiger partial charge in [0.25, 0.3) is 0 Å². The van der Waals surface area contributed by atoms with E-state index < -0.39 is 5.41 Å². The molecule has 0 spiro atoms. The van der Waals surface area contributed by atoms with E-state index in [9.17, 15) is 9.18 Å². The summed E-state index contributed by atoms with van der Waals surface area (Å²) in [4.78, 5) is 12.2. The third-order valence-electron chi connectivity index (χ3n) is 4.78. The molecule has 1 aliphatic carbocycles. The van der Waals surface area contributed by atoms with Crippen LogP contribution in [-0.4, -0.2) is 12.8 Å². The zero-order valence-electron chi connectivity index (χ0n) is 14.5. The lowest BCUT2D eigenvalue weighted by Gasteiger charge is -2.37. The average Bonchev–Trinajstić information content (AvgIpc) is 2.51. The zero-order chi connectivity index (χ0) is 17.2. The molecule has 124 valence electrons. The van der Waals surface area contributed by atoms with E-state index in [-0.39, 0.29) is 11.6 Å². The molecule has 0 fully saturated rings. The molecule has 1 aliphatic rings. The lowest BCUT2D eigenvalue weighted by Crippen LogP contribution is -2.38. The normalized spacial score (nSPS) is 21.2. The number of hydrogen-bond donors (Lipinski definition) is 1. The van der Waals surface area contributed by atoms with E-state index in [1.54, 1.807) is 19.1 Å². The van der Waals surface area contributed by atoms with E-state index in [0.29, 0.717) is 6.42 Å². The summed E-state index contributed by atoms with van der Waals surface area (Å²) < 4.78 is 13.2. The highest BCUT2D eigenvalue weighted by molar-refractivity contribution is 5.86. The number of rotatable bonds is 5. The van der Waals surface area contributed by atoms with Crippen LogP contribution in [0.2, 0.25) is 0 Å². The van der Waals surface area contributed by atoms with Gasteiger partial charge in [-0.25, -0.2) is 9.82 Å². The molecule has 0 radical (unpaired) electrons. The van der Waals surface area contributed by atoms with Crippen molar-refractivity contribution >= 4 is 11.5 Å². The number of carbonyl (C=O) groups excluding carboxylic acids is 1. The molecular weight excluding hydrogens is 291 g/mol. The molecule has 0 aromatic heterocycles. The van der Waals surface area contributed by atoms with Crippen molar-refractivity contribution in [1.82, 2.24) is 5.43 Å². The maximum atomic E-state index is 13.2. The molecule has 3 nitrogen and oxygen atoms in total. The molecular formula is C19H25FN2O. The molecule has 0 heterocycles.